The molecule has 2 aliphatic heterocycles. The van der Waals surface area contributed by atoms with Crippen molar-refractivity contribution in [3.63, 3.8) is 0 Å². The predicted molar refractivity (Wildman–Crippen MR) is 130 cm³/mol. The number of hydrogen-bond donors (Lipinski definition) is 1. The lowest BCUT2D eigenvalue weighted by atomic mass is 9.82. The van der Waals surface area contributed by atoms with Crippen LogP contribution in [0, 0.1) is 11.3 Å². The lowest BCUT2D eigenvalue weighted by molar-refractivity contribution is -0.139. The summed E-state index contributed by atoms with van der Waals surface area (Å²) < 4.78 is 5.96. The summed E-state index contributed by atoms with van der Waals surface area (Å²) in [7, 11) is 0. The minimum atomic E-state index is -0.278. The Balaban J connectivity index is 1.61. The summed E-state index contributed by atoms with van der Waals surface area (Å²) in [6.07, 6.45) is 3.86. The minimum Gasteiger partial charge on any atom is -0.378 e. The maximum Gasteiger partial charge on any atom is 0.232 e. The zero-order chi connectivity index (χ0) is 24.8. The largest absolute Gasteiger partial charge is 0.378 e. The molecule has 0 bridgehead atoms. The Bertz CT molecular complexity index is 785. The minimum absolute atomic E-state index is 0.00934. The van der Waals surface area contributed by atoms with Gasteiger partial charge in [-0.2, -0.15) is 0 Å². The summed E-state index contributed by atoms with van der Waals surface area (Å²) in [6, 6.07) is 0. The van der Waals surface area contributed by atoms with Gasteiger partial charge in [-0.25, -0.2) is 0 Å². The van der Waals surface area contributed by atoms with Crippen molar-refractivity contribution >= 4 is 17.7 Å². The van der Waals surface area contributed by atoms with E-state index in [1.807, 2.05) is 6.92 Å². The van der Waals surface area contributed by atoms with Crippen LogP contribution in [0.5, 0.6) is 0 Å². The molecular weight excluding hydrogens is 418 g/mol. The van der Waals surface area contributed by atoms with Crippen LogP contribution in [0.15, 0.2) is 36.7 Å². The lowest BCUT2D eigenvalue weighted by Crippen LogP contribution is -2.35. The first kappa shape index (κ1) is 26.8. The van der Waals surface area contributed by atoms with Gasteiger partial charge in [0.15, 0.2) is 0 Å². The van der Waals surface area contributed by atoms with Crippen molar-refractivity contribution in [1.29, 1.82) is 0 Å². The number of ether oxygens (including phenoxy) is 1. The highest BCUT2D eigenvalue weighted by atomic mass is 16.5. The fourth-order valence-electron chi connectivity index (χ4n) is 3.99. The van der Waals surface area contributed by atoms with Gasteiger partial charge in [0.2, 0.25) is 17.7 Å². The molecule has 7 nitrogen and oxygen atoms in total. The van der Waals surface area contributed by atoms with Crippen molar-refractivity contribution in [3.05, 3.63) is 36.7 Å². The van der Waals surface area contributed by atoms with Gasteiger partial charge in [0.05, 0.1) is 6.10 Å². The van der Waals surface area contributed by atoms with Crippen molar-refractivity contribution in [3.8, 4) is 0 Å². The smallest absolute Gasteiger partial charge is 0.232 e. The molecule has 2 saturated heterocycles. The van der Waals surface area contributed by atoms with Gasteiger partial charge in [0.1, 0.15) is 0 Å². The number of rotatable bonds is 13. The summed E-state index contributed by atoms with van der Waals surface area (Å²) in [5.41, 5.74) is 3.28. The van der Waals surface area contributed by atoms with E-state index in [2.05, 4.69) is 43.8 Å². The molecule has 33 heavy (non-hydrogen) atoms. The maximum absolute atomic E-state index is 12.1. The van der Waals surface area contributed by atoms with E-state index in [0.717, 1.165) is 42.8 Å². The van der Waals surface area contributed by atoms with Crippen LogP contribution in [0.3, 0.4) is 0 Å². The van der Waals surface area contributed by atoms with E-state index < -0.39 is 0 Å². The molecule has 2 atom stereocenters. The molecule has 0 aromatic carbocycles. The van der Waals surface area contributed by atoms with E-state index in [9.17, 15) is 14.4 Å². The molecular formula is C26H41N3O4. The molecule has 0 spiro atoms. The van der Waals surface area contributed by atoms with Gasteiger partial charge >= 0.3 is 0 Å². The fourth-order valence-corrected chi connectivity index (χ4v) is 3.99. The van der Waals surface area contributed by atoms with Gasteiger partial charge in [0, 0.05) is 56.4 Å². The van der Waals surface area contributed by atoms with Crippen LogP contribution in [0.4, 0.5) is 0 Å². The van der Waals surface area contributed by atoms with E-state index in [4.69, 9.17) is 4.74 Å². The van der Waals surface area contributed by atoms with Gasteiger partial charge in [-0.05, 0) is 38.0 Å². The Labute approximate surface area is 198 Å². The number of nitrogens with zero attached hydrogens (tertiary/aromatic N) is 2. The van der Waals surface area contributed by atoms with Crippen LogP contribution in [0.2, 0.25) is 0 Å². The van der Waals surface area contributed by atoms with Crippen molar-refractivity contribution in [2.24, 2.45) is 11.3 Å². The summed E-state index contributed by atoms with van der Waals surface area (Å²) in [4.78, 5) is 39.1. The molecule has 7 heteroatoms. The Morgan fingerprint density at radius 3 is 2.42 bits per heavy atom. The monoisotopic (exact) mass is 459 g/mol. The SMILES string of the molecule is C=C1CCC(=C)N1CC(=C)C(C)(C)CCOC(C)CCNC(=O)CCN1C(=O)CC(C)C1=O. The normalized spacial score (nSPS) is 20.1. The molecule has 0 radical (unpaired) electrons. The van der Waals surface area contributed by atoms with E-state index >= 15 is 0 Å². The first-order chi connectivity index (χ1) is 15.4. The van der Waals surface area contributed by atoms with Gasteiger partial charge in [-0.3, -0.25) is 19.3 Å². The van der Waals surface area contributed by atoms with Crippen molar-refractivity contribution in [1.82, 2.24) is 15.1 Å². The van der Waals surface area contributed by atoms with Crippen LogP contribution in [-0.2, 0) is 19.1 Å². The van der Waals surface area contributed by atoms with Crippen LogP contribution < -0.4 is 5.32 Å². The number of allylic oxidation sites excluding steroid dienone is 2. The Hall–Kier alpha value is -2.41. The van der Waals surface area contributed by atoms with E-state index in [1.165, 1.54) is 4.90 Å². The number of imide groups is 1. The third-order valence-electron chi connectivity index (χ3n) is 6.81. The van der Waals surface area contributed by atoms with Gasteiger partial charge in [0.25, 0.3) is 0 Å². The Morgan fingerprint density at radius 1 is 1.21 bits per heavy atom. The second kappa shape index (κ2) is 11.6. The molecule has 184 valence electrons. The molecule has 0 aromatic heterocycles. The highest BCUT2D eigenvalue weighted by Gasteiger charge is 2.35. The van der Waals surface area contributed by atoms with Crippen molar-refractivity contribution in [2.45, 2.75) is 72.3 Å². The average Bonchev–Trinajstić information content (AvgIpc) is 3.17. The molecule has 2 fully saturated rings. The summed E-state index contributed by atoms with van der Waals surface area (Å²) in [5, 5.41) is 2.85. The molecule has 2 unspecified atom stereocenters. The molecule has 0 aromatic rings. The number of carbonyl (C=O) groups excluding carboxylic acids is 3. The van der Waals surface area contributed by atoms with Gasteiger partial charge in [-0.1, -0.05) is 46.1 Å². The number of carbonyl (C=O) groups is 3. The van der Waals surface area contributed by atoms with E-state index in [0.29, 0.717) is 19.6 Å². The topological polar surface area (TPSA) is 79.0 Å². The Morgan fingerprint density at radius 2 is 1.85 bits per heavy atom. The van der Waals surface area contributed by atoms with Crippen molar-refractivity contribution in [2.75, 3.05) is 26.2 Å². The molecule has 1 N–H and O–H groups in total. The maximum atomic E-state index is 12.1. The number of likely N-dealkylation sites (tertiary alicyclic amines) is 2. The molecule has 3 amide bonds. The molecule has 2 rings (SSSR count). The zero-order valence-corrected chi connectivity index (χ0v) is 20.9. The zero-order valence-electron chi connectivity index (χ0n) is 20.9. The van der Waals surface area contributed by atoms with E-state index in [1.54, 1.807) is 6.92 Å². The fraction of sp³-hybridized carbons (Fsp3) is 0.654. The quantitative estimate of drug-likeness (QED) is 0.335. The first-order valence-electron chi connectivity index (χ1n) is 12.0. The summed E-state index contributed by atoms with van der Waals surface area (Å²) in [5.74, 6) is -0.816. The standard InChI is InChI=1S/C26H41N3O4/c1-18-16-24(31)28(25(18)32)14-11-23(30)27-13-10-22(5)33-15-12-26(6,7)19(2)17-29-20(3)8-9-21(29)4/h18,22H,2-4,8-17H2,1,5-7H3,(H,27,30). The molecule has 0 aliphatic carbocycles. The van der Waals surface area contributed by atoms with Crippen LogP contribution in [0.25, 0.3) is 0 Å². The van der Waals surface area contributed by atoms with Crippen LogP contribution in [0.1, 0.15) is 66.2 Å². The first-order valence-corrected chi connectivity index (χ1v) is 12.0. The number of nitrogens with one attached hydrogen (secondary N) is 1. The summed E-state index contributed by atoms with van der Waals surface area (Å²) >= 11 is 0. The van der Waals surface area contributed by atoms with Crippen LogP contribution >= 0.6 is 0 Å². The lowest BCUT2D eigenvalue weighted by Gasteiger charge is -2.32. The molecule has 0 saturated carbocycles. The van der Waals surface area contributed by atoms with Gasteiger partial charge in [-0.15, -0.1) is 0 Å². The van der Waals surface area contributed by atoms with E-state index in [-0.39, 0.29) is 54.5 Å². The Kier molecular flexibility index (Phi) is 9.46. The number of amides is 3. The highest BCUT2D eigenvalue weighted by molar-refractivity contribution is 6.03. The van der Waals surface area contributed by atoms with Crippen LogP contribution in [-0.4, -0.2) is 59.9 Å². The third-order valence-corrected chi connectivity index (χ3v) is 6.81. The average molecular weight is 460 g/mol. The predicted octanol–water partition coefficient (Wildman–Crippen LogP) is 3.78. The summed E-state index contributed by atoms with van der Waals surface area (Å²) in [6.45, 7) is 22.7. The third kappa shape index (κ3) is 7.56. The highest BCUT2D eigenvalue weighted by Crippen LogP contribution is 2.35. The molecule has 2 heterocycles. The second-order valence-corrected chi connectivity index (χ2v) is 10.0. The second-order valence-electron chi connectivity index (χ2n) is 10.0. The van der Waals surface area contributed by atoms with Gasteiger partial charge < -0.3 is 15.0 Å². The van der Waals surface area contributed by atoms with Crippen molar-refractivity contribution < 1.29 is 19.1 Å². The number of hydrogen-bond acceptors (Lipinski definition) is 5. The molecule has 2 aliphatic rings.